The summed E-state index contributed by atoms with van der Waals surface area (Å²) in [4.78, 5) is 11.5. The van der Waals surface area contributed by atoms with E-state index in [4.69, 9.17) is 8.92 Å². The average Bonchev–Trinajstić information content (AvgIpc) is 2.47. The number of esters is 1. The highest BCUT2D eigenvalue weighted by Crippen LogP contribution is 2.13. The minimum Gasteiger partial charge on any atom is -0.466 e. The molecule has 0 radical (unpaired) electrons. The zero-order valence-electron chi connectivity index (χ0n) is 13.2. The maximum atomic E-state index is 11.9. The van der Waals surface area contributed by atoms with Gasteiger partial charge >= 0.3 is 5.97 Å². The molecule has 124 valence electrons. The van der Waals surface area contributed by atoms with Crippen LogP contribution in [-0.2, 0) is 23.8 Å². The van der Waals surface area contributed by atoms with Crippen LogP contribution in [0.2, 0.25) is 0 Å². The maximum Gasteiger partial charge on any atom is 0.305 e. The van der Waals surface area contributed by atoms with E-state index in [1.807, 2.05) is 13.8 Å². The van der Waals surface area contributed by atoms with Crippen molar-refractivity contribution in [3.05, 3.63) is 29.8 Å². The van der Waals surface area contributed by atoms with Crippen molar-refractivity contribution >= 4 is 16.1 Å². The first-order valence-corrected chi connectivity index (χ1v) is 8.98. The normalized spacial score (nSPS) is 11.4. The summed E-state index contributed by atoms with van der Waals surface area (Å²) in [5, 5.41) is 0. The van der Waals surface area contributed by atoms with Gasteiger partial charge < -0.3 is 4.74 Å². The van der Waals surface area contributed by atoms with Gasteiger partial charge in [0.1, 0.15) is 0 Å². The van der Waals surface area contributed by atoms with Gasteiger partial charge in [-0.2, -0.15) is 8.42 Å². The maximum absolute atomic E-state index is 11.9. The van der Waals surface area contributed by atoms with Crippen LogP contribution in [0.4, 0.5) is 0 Å². The van der Waals surface area contributed by atoms with Crippen molar-refractivity contribution < 1.29 is 22.1 Å². The Labute approximate surface area is 132 Å². The SMILES string of the molecule is CCCCOC(=O)CCCCOS(=O)(=O)c1ccc(C)cc1. The van der Waals surface area contributed by atoms with E-state index < -0.39 is 10.1 Å². The molecule has 6 heteroatoms. The molecule has 0 aliphatic rings. The number of unbranched alkanes of at least 4 members (excludes halogenated alkanes) is 2. The van der Waals surface area contributed by atoms with Crippen molar-refractivity contribution in [2.24, 2.45) is 0 Å². The van der Waals surface area contributed by atoms with Crippen LogP contribution < -0.4 is 0 Å². The Morgan fingerprint density at radius 1 is 1.05 bits per heavy atom. The molecule has 1 aromatic carbocycles. The van der Waals surface area contributed by atoms with Crippen molar-refractivity contribution in [2.75, 3.05) is 13.2 Å². The number of benzene rings is 1. The van der Waals surface area contributed by atoms with Gasteiger partial charge in [-0.3, -0.25) is 8.98 Å². The molecular formula is C16H24O5S. The van der Waals surface area contributed by atoms with Gasteiger partial charge in [0.2, 0.25) is 0 Å². The van der Waals surface area contributed by atoms with Gasteiger partial charge in [-0.25, -0.2) is 0 Å². The Morgan fingerprint density at radius 3 is 2.36 bits per heavy atom. The van der Waals surface area contributed by atoms with Gasteiger partial charge in [0, 0.05) is 6.42 Å². The summed E-state index contributed by atoms with van der Waals surface area (Å²) in [5.74, 6) is -0.241. The van der Waals surface area contributed by atoms with Crippen LogP contribution in [-0.4, -0.2) is 27.6 Å². The smallest absolute Gasteiger partial charge is 0.305 e. The largest absolute Gasteiger partial charge is 0.466 e. The fraction of sp³-hybridized carbons (Fsp3) is 0.562. The van der Waals surface area contributed by atoms with E-state index in [1.54, 1.807) is 12.1 Å². The van der Waals surface area contributed by atoms with Crippen molar-refractivity contribution in [2.45, 2.75) is 50.8 Å². The molecule has 0 fully saturated rings. The number of carbonyl (C=O) groups is 1. The number of ether oxygens (including phenoxy) is 1. The molecule has 0 spiro atoms. The van der Waals surface area contributed by atoms with E-state index >= 15 is 0 Å². The molecule has 0 aliphatic heterocycles. The second-order valence-electron chi connectivity index (χ2n) is 5.12. The third-order valence-electron chi connectivity index (χ3n) is 3.08. The fourth-order valence-electron chi connectivity index (χ4n) is 1.72. The lowest BCUT2D eigenvalue weighted by atomic mass is 10.2. The standard InChI is InChI=1S/C16H24O5S/c1-3-4-12-20-16(17)7-5-6-13-21-22(18,19)15-10-8-14(2)9-11-15/h8-11H,3-7,12-13H2,1-2H3. The van der Waals surface area contributed by atoms with Gasteiger partial charge in [-0.15, -0.1) is 0 Å². The molecule has 0 N–H and O–H groups in total. The molecule has 0 atom stereocenters. The Kier molecular flexibility index (Phi) is 8.12. The van der Waals surface area contributed by atoms with Crippen LogP contribution in [0.25, 0.3) is 0 Å². The molecule has 1 aromatic rings. The number of rotatable bonds is 10. The van der Waals surface area contributed by atoms with Gasteiger partial charge in [-0.1, -0.05) is 31.0 Å². The van der Waals surface area contributed by atoms with Crippen LogP contribution in [0.5, 0.6) is 0 Å². The van der Waals surface area contributed by atoms with Crippen LogP contribution in [0.3, 0.4) is 0 Å². The van der Waals surface area contributed by atoms with Gasteiger partial charge in [-0.05, 0) is 38.3 Å². The van der Waals surface area contributed by atoms with Crippen molar-refractivity contribution in [1.29, 1.82) is 0 Å². The van der Waals surface area contributed by atoms with E-state index in [9.17, 15) is 13.2 Å². The number of hydrogen-bond donors (Lipinski definition) is 0. The third kappa shape index (κ3) is 7.04. The van der Waals surface area contributed by atoms with E-state index in [2.05, 4.69) is 0 Å². The molecule has 0 aromatic heterocycles. The molecule has 1 rings (SSSR count). The monoisotopic (exact) mass is 328 g/mol. The third-order valence-corrected chi connectivity index (χ3v) is 4.41. The Bertz CT molecular complexity index is 548. The Morgan fingerprint density at radius 2 is 1.73 bits per heavy atom. The molecule has 0 amide bonds. The van der Waals surface area contributed by atoms with Crippen molar-refractivity contribution in [3.8, 4) is 0 Å². The summed E-state index contributed by atoms with van der Waals surface area (Å²) in [6.45, 7) is 4.43. The molecule has 0 heterocycles. The Hall–Kier alpha value is -1.40. The van der Waals surface area contributed by atoms with E-state index in [1.165, 1.54) is 12.1 Å². The average molecular weight is 328 g/mol. The highest BCUT2D eigenvalue weighted by atomic mass is 32.2. The molecule has 0 unspecified atom stereocenters. The minimum absolute atomic E-state index is 0.0679. The quantitative estimate of drug-likeness (QED) is 0.375. The summed E-state index contributed by atoms with van der Waals surface area (Å²) in [5.41, 5.74) is 0.987. The molecule has 0 saturated carbocycles. The lowest BCUT2D eigenvalue weighted by molar-refractivity contribution is -0.143. The zero-order valence-corrected chi connectivity index (χ0v) is 14.0. The Balaban J connectivity index is 2.23. The summed E-state index contributed by atoms with van der Waals surface area (Å²) >= 11 is 0. The predicted molar refractivity (Wildman–Crippen MR) is 84.0 cm³/mol. The first-order chi connectivity index (χ1) is 10.5. The first kappa shape index (κ1) is 18.6. The molecule has 5 nitrogen and oxygen atoms in total. The van der Waals surface area contributed by atoms with Gasteiger partial charge in [0.25, 0.3) is 10.1 Å². The molecule has 0 saturated heterocycles. The highest BCUT2D eigenvalue weighted by Gasteiger charge is 2.14. The molecular weight excluding hydrogens is 304 g/mol. The zero-order chi connectivity index (χ0) is 16.4. The fourth-order valence-corrected chi connectivity index (χ4v) is 2.66. The van der Waals surface area contributed by atoms with Crippen LogP contribution >= 0.6 is 0 Å². The second-order valence-corrected chi connectivity index (χ2v) is 6.74. The second kappa shape index (κ2) is 9.58. The van der Waals surface area contributed by atoms with Gasteiger partial charge in [0.05, 0.1) is 18.1 Å². The van der Waals surface area contributed by atoms with E-state index in [0.29, 0.717) is 19.4 Å². The molecule has 0 bridgehead atoms. The van der Waals surface area contributed by atoms with Crippen LogP contribution in [0, 0.1) is 6.92 Å². The summed E-state index contributed by atoms with van der Waals surface area (Å²) < 4.78 is 33.8. The summed E-state index contributed by atoms with van der Waals surface area (Å²) in [6, 6.07) is 6.50. The number of carbonyl (C=O) groups excluding carboxylic acids is 1. The summed E-state index contributed by atoms with van der Waals surface area (Å²) in [7, 11) is -3.71. The molecule has 22 heavy (non-hydrogen) atoms. The highest BCUT2D eigenvalue weighted by molar-refractivity contribution is 7.86. The predicted octanol–water partition coefficient (Wildman–Crippen LogP) is 3.21. The first-order valence-electron chi connectivity index (χ1n) is 7.57. The summed E-state index contributed by atoms with van der Waals surface area (Å²) in [6.07, 6.45) is 3.18. The van der Waals surface area contributed by atoms with Crippen molar-refractivity contribution in [1.82, 2.24) is 0 Å². The molecule has 0 aliphatic carbocycles. The van der Waals surface area contributed by atoms with Crippen LogP contribution in [0.1, 0.15) is 44.6 Å². The van der Waals surface area contributed by atoms with E-state index in [0.717, 1.165) is 18.4 Å². The minimum atomic E-state index is -3.71. The number of hydrogen-bond acceptors (Lipinski definition) is 5. The van der Waals surface area contributed by atoms with Crippen molar-refractivity contribution in [3.63, 3.8) is 0 Å². The lowest BCUT2D eigenvalue weighted by Crippen LogP contribution is -2.09. The topological polar surface area (TPSA) is 69.7 Å². The van der Waals surface area contributed by atoms with Crippen LogP contribution in [0.15, 0.2) is 29.2 Å². The number of aryl methyl sites for hydroxylation is 1. The van der Waals surface area contributed by atoms with Gasteiger partial charge in [0.15, 0.2) is 0 Å². The lowest BCUT2D eigenvalue weighted by Gasteiger charge is -2.06. The van der Waals surface area contributed by atoms with E-state index in [-0.39, 0.29) is 23.9 Å².